The van der Waals surface area contributed by atoms with Crippen LogP contribution in [0.2, 0.25) is 0 Å². The molecule has 3 nitrogen and oxygen atoms in total. The lowest BCUT2D eigenvalue weighted by molar-refractivity contribution is 0.377. The lowest BCUT2D eigenvalue weighted by Crippen LogP contribution is -2.34. The zero-order valence-corrected chi connectivity index (χ0v) is 12.7. The Morgan fingerprint density at radius 2 is 1.59 bits per heavy atom. The molecule has 1 aromatic rings. The summed E-state index contributed by atoms with van der Waals surface area (Å²) < 4.78 is 65.8. The normalized spacial score (nSPS) is 11.0. The first-order valence-electron chi connectivity index (χ1n) is 6.38. The van der Waals surface area contributed by atoms with E-state index in [0.717, 1.165) is 17.9 Å². The van der Waals surface area contributed by atoms with Crippen LogP contribution in [-0.4, -0.2) is 29.9 Å². The number of unbranched alkanes of at least 4 members (excludes halogenated alkanes) is 1. The van der Waals surface area contributed by atoms with Crippen LogP contribution in [0.1, 0.15) is 25.3 Å². The van der Waals surface area contributed by atoms with E-state index in [0.29, 0.717) is 12.8 Å². The van der Waals surface area contributed by atoms with Gasteiger partial charge in [-0.25, -0.2) is 27.0 Å². The van der Waals surface area contributed by atoms with E-state index >= 15 is 0 Å². The minimum absolute atomic E-state index is 0.161. The van der Waals surface area contributed by atoms with E-state index in [1.807, 2.05) is 6.92 Å². The summed E-state index contributed by atoms with van der Waals surface area (Å²) in [4.78, 5) is 0. The Bertz CT molecular complexity index is 563. The van der Waals surface area contributed by atoms with Gasteiger partial charge < -0.3 is 5.32 Å². The molecule has 0 aliphatic heterocycles. The smallest absolute Gasteiger partial charge is 0.200 e. The van der Waals surface area contributed by atoms with Gasteiger partial charge in [-0.05, 0) is 18.6 Å². The first-order chi connectivity index (χ1) is 10.3. The van der Waals surface area contributed by atoms with Gasteiger partial charge >= 0.3 is 0 Å². The lowest BCUT2D eigenvalue weighted by atomic mass is 10.2. The summed E-state index contributed by atoms with van der Waals surface area (Å²) in [6, 6.07) is 0. The van der Waals surface area contributed by atoms with Crippen LogP contribution < -0.4 is 5.32 Å². The van der Waals surface area contributed by atoms with Crippen LogP contribution in [0.5, 0.6) is 0 Å². The van der Waals surface area contributed by atoms with Gasteiger partial charge in [-0.1, -0.05) is 13.3 Å². The van der Waals surface area contributed by atoms with Crippen molar-refractivity contribution in [2.75, 3.05) is 13.6 Å². The second-order valence-electron chi connectivity index (χ2n) is 4.34. The van der Waals surface area contributed by atoms with Crippen LogP contribution in [-0.2, 0) is 0 Å². The molecule has 0 amide bonds. The molecule has 0 aliphatic rings. The van der Waals surface area contributed by atoms with Gasteiger partial charge in [0.15, 0.2) is 28.4 Å². The second-order valence-corrected chi connectivity index (χ2v) is 4.72. The molecular weight excluding hydrogens is 325 g/mol. The summed E-state index contributed by atoms with van der Waals surface area (Å²) >= 11 is 4.95. The predicted octanol–water partition coefficient (Wildman–Crippen LogP) is 3.32. The van der Waals surface area contributed by atoms with Crippen LogP contribution in [0.25, 0.3) is 0 Å². The fourth-order valence-electron chi connectivity index (χ4n) is 1.42. The number of hydrogen-bond acceptors (Lipinski definition) is 2. The Hall–Kier alpha value is -1.77. The number of nitrogens with zero attached hydrogens (tertiary/aromatic N) is 2. The number of thiocarbonyl (C=S) groups is 1. The van der Waals surface area contributed by atoms with Crippen molar-refractivity contribution in [2.45, 2.75) is 19.8 Å². The van der Waals surface area contributed by atoms with E-state index in [1.54, 1.807) is 0 Å². The number of hydrogen-bond donors (Lipinski definition) is 1. The monoisotopic (exact) mass is 339 g/mol. The Morgan fingerprint density at radius 1 is 1.09 bits per heavy atom. The van der Waals surface area contributed by atoms with Gasteiger partial charge in [0.1, 0.15) is 0 Å². The largest absolute Gasteiger partial charge is 0.361 e. The number of rotatable bonds is 5. The maximum absolute atomic E-state index is 13.4. The first kappa shape index (κ1) is 18.3. The fraction of sp³-hybridized carbons (Fsp3) is 0.385. The maximum Gasteiger partial charge on any atom is 0.200 e. The van der Waals surface area contributed by atoms with Crippen molar-refractivity contribution in [2.24, 2.45) is 5.10 Å². The molecule has 0 spiro atoms. The van der Waals surface area contributed by atoms with Crippen LogP contribution in [0.4, 0.5) is 22.0 Å². The highest BCUT2D eigenvalue weighted by molar-refractivity contribution is 7.80. The van der Waals surface area contributed by atoms with Gasteiger partial charge in [0.25, 0.3) is 0 Å². The molecule has 0 unspecified atom stereocenters. The highest BCUT2D eigenvalue weighted by Crippen LogP contribution is 2.21. The Balaban J connectivity index is 2.93. The molecule has 0 fully saturated rings. The van der Waals surface area contributed by atoms with E-state index in [2.05, 4.69) is 10.4 Å². The molecule has 0 saturated heterocycles. The maximum atomic E-state index is 13.4. The summed E-state index contributed by atoms with van der Waals surface area (Å²) in [6.07, 6.45) is 2.33. The van der Waals surface area contributed by atoms with Gasteiger partial charge in [-0.3, -0.25) is 0 Å². The number of nitrogens with one attached hydrogen (secondary N) is 1. The minimum atomic E-state index is -2.21. The highest BCUT2D eigenvalue weighted by atomic mass is 32.1. The molecule has 0 saturated carbocycles. The third-order valence-electron chi connectivity index (χ3n) is 2.70. The van der Waals surface area contributed by atoms with Gasteiger partial charge in [0.05, 0.1) is 11.8 Å². The highest BCUT2D eigenvalue weighted by Gasteiger charge is 2.24. The van der Waals surface area contributed by atoms with Crippen molar-refractivity contribution in [1.29, 1.82) is 0 Å². The standard InChI is InChI=1S/C13H14F5N3S/c1-3-4-5-19-13(22)21(2)20-6-7-8(14)10(16)12(18)11(17)9(7)15/h6H,3-5H2,1-2H3,(H,19,22). The number of hydrazone groups is 1. The topological polar surface area (TPSA) is 27.6 Å². The molecule has 9 heteroatoms. The van der Waals surface area contributed by atoms with Crippen LogP contribution in [0.3, 0.4) is 0 Å². The Morgan fingerprint density at radius 3 is 2.09 bits per heavy atom. The van der Waals surface area contributed by atoms with Crippen molar-refractivity contribution >= 4 is 23.5 Å². The van der Waals surface area contributed by atoms with Gasteiger partial charge in [0.2, 0.25) is 5.82 Å². The first-order valence-corrected chi connectivity index (χ1v) is 6.79. The summed E-state index contributed by atoms with van der Waals surface area (Å²) in [5.41, 5.74) is -1.13. The average Bonchev–Trinajstić information content (AvgIpc) is 2.50. The Kier molecular flexibility index (Phi) is 6.66. The van der Waals surface area contributed by atoms with Gasteiger partial charge in [-0.15, -0.1) is 0 Å². The lowest BCUT2D eigenvalue weighted by Gasteiger charge is -2.15. The van der Waals surface area contributed by atoms with Crippen molar-refractivity contribution in [3.8, 4) is 0 Å². The molecule has 1 aromatic carbocycles. The van der Waals surface area contributed by atoms with Crippen molar-refractivity contribution < 1.29 is 22.0 Å². The Labute approximate surface area is 129 Å². The summed E-state index contributed by atoms with van der Waals surface area (Å²) in [5.74, 6) is -10.1. The summed E-state index contributed by atoms with van der Waals surface area (Å²) in [7, 11) is 1.38. The van der Waals surface area contributed by atoms with Crippen molar-refractivity contribution in [1.82, 2.24) is 10.3 Å². The molecule has 0 aliphatic carbocycles. The molecule has 1 rings (SSSR count). The fourth-order valence-corrected chi connectivity index (χ4v) is 1.57. The zero-order chi connectivity index (χ0) is 16.9. The van der Waals surface area contributed by atoms with E-state index < -0.39 is 34.6 Å². The zero-order valence-electron chi connectivity index (χ0n) is 11.9. The second kappa shape index (κ2) is 8.02. The summed E-state index contributed by atoms with van der Waals surface area (Å²) in [6.45, 7) is 2.56. The van der Waals surface area contributed by atoms with Crippen molar-refractivity contribution in [3.63, 3.8) is 0 Å². The third-order valence-corrected chi connectivity index (χ3v) is 3.11. The van der Waals surface area contributed by atoms with E-state index in [4.69, 9.17) is 12.2 Å². The van der Waals surface area contributed by atoms with Gasteiger partial charge in [0, 0.05) is 13.6 Å². The van der Waals surface area contributed by atoms with E-state index in [9.17, 15) is 22.0 Å². The van der Waals surface area contributed by atoms with Crippen LogP contribution >= 0.6 is 12.2 Å². The van der Waals surface area contributed by atoms with Crippen molar-refractivity contribution in [3.05, 3.63) is 34.6 Å². The molecule has 1 N–H and O–H groups in total. The molecule has 0 atom stereocenters. The van der Waals surface area contributed by atoms with Crippen LogP contribution in [0, 0.1) is 29.1 Å². The molecule has 0 radical (unpaired) electrons. The molecule has 22 heavy (non-hydrogen) atoms. The molecule has 0 heterocycles. The number of halogens is 5. The predicted molar refractivity (Wildman–Crippen MR) is 77.1 cm³/mol. The molecular formula is C13H14F5N3S. The van der Waals surface area contributed by atoms with E-state index in [-0.39, 0.29) is 5.11 Å². The average molecular weight is 339 g/mol. The van der Waals surface area contributed by atoms with Crippen LogP contribution in [0.15, 0.2) is 5.10 Å². The molecule has 0 bridgehead atoms. The minimum Gasteiger partial charge on any atom is -0.361 e. The number of benzene rings is 1. The van der Waals surface area contributed by atoms with Gasteiger partial charge in [-0.2, -0.15) is 5.10 Å². The van der Waals surface area contributed by atoms with E-state index in [1.165, 1.54) is 7.05 Å². The molecule has 0 aromatic heterocycles. The SMILES string of the molecule is CCCCNC(=S)N(C)N=Cc1c(F)c(F)c(F)c(F)c1F. The summed E-state index contributed by atoms with van der Waals surface area (Å²) in [5, 5.41) is 7.62. The molecule has 122 valence electrons. The quantitative estimate of drug-likeness (QED) is 0.170. The third kappa shape index (κ3) is 4.12.